The number of aromatic nitrogens is 1. The van der Waals surface area contributed by atoms with Crippen molar-refractivity contribution in [3.63, 3.8) is 0 Å². The van der Waals surface area contributed by atoms with Gasteiger partial charge in [-0.05, 0) is 19.4 Å². The first kappa shape index (κ1) is 14.9. The topological polar surface area (TPSA) is 81.0 Å². The van der Waals surface area contributed by atoms with Crippen LogP contribution in [0.3, 0.4) is 0 Å². The highest BCUT2D eigenvalue weighted by atomic mass is 16.5. The zero-order chi connectivity index (χ0) is 16.6. The first-order valence-electron chi connectivity index (χ1n) is 7.45. The summed E-state index contributed by atoms with van der Waals surface area (Å²) in [4.78, 5) is 12.9. The number of nitrogens with zero attached hydrogens (tertiary/aromatic N) is 2. The maximum Gasteiger partial charge on any atom is 0.258 e. The third-order valence-corrected chi connectivity index (χ3v) is 4.14. The molecule has 0 amide bonds. The molecule has 0 radical (unpaired) electrons. The molecule has 3 rings (SSSR count). The zero-order valence-corrected chi connectivity index (χ0v) is 13.0. The highest BCUT2D eigenvalue weighted by Gasteiger charge is 2.33. The minimum atomic E-state index is -0.504. The van der Waals surface area contributed by atoms with Crippen molar-refractivity contribution in [2.75, 3.05) is 0 Å². The maximum atomic E-state index is 12.9. The van der Waals surface area contributed by atoms with Crippen LogP contribution in [0.25, 0.3) is 0 Å². The molecule has 0 unspecified atom stereocenters. The summed E-state index contributed by atoms with van der Waals surface area (Å²) in [5.41, 5.74) is 8.17. The molecule has 1 aliphatic heterocycles. The SMILES string of the molecule is CCn1c(C)cc2c(c1=O)[C@H](c1ccccc1)C(C#N)=C(N)O2. The second-order valence-electron chi connectivity index (χ2n) is 5.45. The Labute approximate surface area is 134 Å². The van der Waals surface area contributed by atoms with Crippen molar-refractivity contribution < 1.29 is 4.74 Å². The summed E-state index contributed by atoms with van der Waals surface area (Å²) in [5, 5.41) is 9.51. The number of benzene rings is 1. The van der Waals surface area contributed by atoms with E-state index in [0.717, 1.165) is 11.3 Å². The van der Waals surface area contributed by atoms with Gasteiger partial charge in [0.2, 0.25) is 5.88 Å². The number of hydrogen-bond donors (Lipinski definition) is 1. The van der Waals surface area contributed by atoms with Crippen LogP contribution in [-0.4, -0.2) is 4.57 Å². The largest absolute Gasteiger partial charge is 0.440 e. The molecular weight excluding hydrogens is 290 g/mol. The normalized spacial score (nSPS) is 16.5. The van der Waals surface area contributed by atoms with E-state index in [1.54, 1.807) is 10.6 Å². The van der Waals surface area contributed by atoms with Crippen LogP contribution in [0, 0.1) is 18.3 Å². The third-order valence-electron chi connectivity index (χ3n) is 4.14. The van der Waals surface area contributed by atoms with Gasteiger partial charge in [0.15, 0.2) is 0 Å². The molecule has 23 heavy (non-hydrogen) atoms. The van der Waals surface area contributed by atoms with Gasteiger partial charge in [-0.25, -0.2) is 0 Å². The van der Waals surface area contributed by atoms with Crippen LogP contribution in [0.15, 0.2) is 52.6 Å². The zero-order valence-electron chi connectivity index (χ0n) is 13.0. The Kier molecular flexibility index (Phi) is 3.67. The quantitative estimate of drug-likeness (QED) is 0.923. The van der Waals surface area contributed by atoms with Crippen molar-refractivity contribution in [3.05, 3.63) is 75.0 Å². The molecule has 0 spiro atoms. The predicted octanol–water partition coefficient (Wildman–Crippen LogP) is 2.39. The van der Waals surface area contributed by atoms with Crippen LogP contribution in [-0.2, 0) is 6.54 Å². The van der Waals surface area contributed by atoms with Gasteiger partial charge in [-0.15, -0.1) is 0 Å². The fourth-order valence-electron chi connectivity index (χ4n) is 3.06. The fourth-order valence-corrected chi connectivity index (χ4v) is 3.06. The average molecular weight is 307 g/mol. The number of allylic oxidation sites excluding steroid dienone is 1. The Morgan fingerprint density at radius 3 is 2.65 bits per heavy atom. The number of nitrogens with two attached hydrogens (primary N) is 1. The van der Waals surface area contributed by atoms with Crippen LogP contribution in [0.1, 0.15) is 29.7 Å². The van der Waals surface area contributed by atoms with E-state index in [4.69, 9.17) is 10.5 Å². The van der Waals surface area contributed by atoms with E-state index in [0.29, 0.717) is 17.9 Å². The molecule has 1 aromatic heterocycles. The standard InChI is InChI=1S/C18H17N3O2/c1-3-21-11(2)9-14-16(18(21)22)15(12-7-5-4-6-8-12)13(10-19)17(20)23-14/h4-9,15H,3,20H2,1-2H3/t15-/m1/s1. The summed E-state index contributed by atoms with van der Waals surface area (Å²) in [6.07, 6.45) is 0. The monoisotopic (exact) mass is 307 g/mol. The van der Waals surface area contributed by atoms with Crippen molar-refractivity contribution in [1.29, 1.82) is 5.26 Å². The number of ether oxygens (including phenoxy) is 1. The molecular formula is C18H17N3O2. The Balaban J connectivity index is 2.35. The second kappa shape index (κ2) is 5.65. The summed E-state index contributed by atoms with van der Waals surface area (Å²) in [6.45, 7) is 4.32. The highest BCUT2D eigenvalue weighted by molar-refractivity contribution is 5.55. The molecule has 0 aliphatic carbocycles. The molecule has 2 N–H and O–H groups in total. The van der Waals surface area contributed by atoms with Gasteiger partial charge >= 0.3 is 0 Å². The van der Waals surface area contributed by atoms with Crippen LogP contribution in [0.2, 0.25) is 0 Å². The van der Waals surface area contributed by atoms with Crippen molar-refractivity contribution in [2.45, 2.75) is 26.3 Å². The van der Waals surface area contributed by atoms with Gasteiger partial charge in [0.05, 0.1) is 11.5 Å². The van der Waals surface area contributed by atoms with Crippen molar-refractivity contribution in [1.82, 2.24) is 4.57 Å². The number of aryl methyl sites for hydroxylation is 1. The lowest BCUT2D eigenvalue weighted by atomic mass is 9.84. The van der Waals surface area contributed by atoms with E-state index in [-0.39, 0.29) is 17.0 Å². The van der Waals surface area contributed by atoms with Crippen LogP contribution in [0.4, 0.5) is 0 Å². The molecule has 1 atom stereocenters. The molecule has 2 aromatic rings. The van der Waals surface area contributed by atoms with Gasteiger partial charge in [0.1, 0.15) is 17.4 Å². The lowest BCUT2D eigenvalue weighted by Crippen LogP contribution is -2.32. The van der Waals surface area contributed by atoms with Gasteiger partial charge < -0.3 is 15.0 Å². The van der Waals surface area contributed by atoms with Gasteiger partial charge in [0.25, 0.3) is 5.56 Å². The molecule has 0 bridgehead atoms. The number of fused-ring (bicyclic) bond motifs is 1. The molecule has 5 heteroatoms. The van der Waals surface area contributed by atoms with E-state index in [9.17, 15) is 10.1 Å². The average Bonchev–Trinajstić information content (AvgIpc) is 2.54. The van der Waals surface area contributed by atoms with E-state index < -0.39 is 5.92 Å². The second-order valence-corrected chi connectivity index (χ2v) is 5.45. The van der Waals surface area contributed by atoms with Crippen molar-refractivity contribution in [3.8, 4) is 11.8 Å². The fraction of sp³-hybridized carbons (Fsp3) is 0.222. The Morgan fingerprint density at radius 2 is 2.04 bits per heavy atom. The van der Waals surface area contributed by atoms with Crippen LogP contribution in [0.5, 0.6) is 5.75 Å². The number of nitriles is 1. The van der Waals surface area contributed by atoms with E-state index >= 15 is 0 Å². The lowest BCUT2D eigenvalue weighted by Gasteiger charge is -2.27. The summed E-state index contributed by atoms with van der Waals surface area (Å²) in [7, 11) is 0. The first-order chi connectivity index (χ1) is 11.1. The third kappa shape index (κ3) is 2.29. The van der Waals surface area contributed by atoms with Gasteiger partial charge in [0, 0.05) is 18.3 Å². The Hall–Kier alpha value is -3.00. The summed E-state index contributed by atoms with van der Waals surface area (Å²) < 4.78 is 7.25. The smallest absolute Gasteiger partial charge is 0.258 e. The number of pyridine rings is 1. The van der Waals surface area contributed by atoms with Gasteiger partial charge in [-0.2, -0.15) is 5.26 Å². The number of rotatable bonds is 2. The summed E-state index contributed by atoms with van der Waals surface area (Å²) >= 11 is 0. The molecule has 0 fully saturated rings. The molecule has 0 saturated carbocycles. The molecule has 2 heterocycles. The van der Waals surface area contributed by atoms with Crippen molar-refractivity contribution in [2.24, 2.45) is 5.73 Å². The van der Waals surface area contributed by atoms with Crippen LogP contribution < -0.4 is 16.0 Å². The lowest BCUT2D eigenvalue weighted by molar-refractivity contribution is 0.388. The minimum Gasteiger partial charge on any atom is -0.440 e. The van der Waals surface area contributed by atoms with E-state index in [1.165, 1.54) is 0 Å². The summed E-state index contributed by atoms with van der Waals surface area (Å²) in [5.74, 6) is -0.0136. The van der Waals surface area contributed by atoms with E-state index in [2.05, 4.69) is 6.07 Å². The highest BCUT2D eigenvalue weighted by Crippen LogP contribution is 2.40. The van der Waals surface area contributed by atoms with E-state index in [1.807, 2.05) is 44.2 Å². The molecule has 116 valence electrons. The van der Waals surface area contributed by atoms with Crippen molar-refractivity contribution >= 4 is 0 Å². The molecule has 1 aromatic carbocycles. The van der Waals surface area contributed by atoms with Gasteiger partial charge in [-0.1, -0.05) is 30.3 Å². The van der Waals surface area contributed by atoms with Gasteiger partial charge in [-0.3, -0.25) is 4.79 Å². The maximum absolute atomic E-state index is 12.9. The molecule has 1 aliphatic rings. The minimum absolute atomic E-state index is 0.0573. The molecule has 5 nitrogen and oxygen atoms in total. The number of hydrogen-bond acceptors (Lipinski definition) is 4. The predicted molar refractivity (Wildman–Crippen MR) is 86.9 cm³/mol. The summed E-state index contributed by atoms with van der Waals surface area (Å²) in [6, 6.07) is 13.3. The Morgan fingerprint density at radius 1 is 1.35 bits per heavy atom. The Bertz CT molecular complexity index is 889. The first-order valence-corrected chi connectivity index (χ1v) is 7.45. The molecule has 0 saturated heterocycles. The van der Waals surface area contributed by atoms with Crippen LogP contribution >= 0.6 is 0 Å².